The van der Waals surface area contributed by atoms with E-state index < -0.39 is 17.8 Å². The molecule has 1 aromatic heterocycles. The molecule has 0 radical (unpaired) electrons. The first kappa shape index (κ1) is 23.2. The molecule has 1 N–H and O–H groups in total. The number of nitrogens with zero attached hydrogens (tertiary/aromatic N) is 2. The van der Waals surface area contributed by atoms with Crippen LogP contribution in [0, 0.1) is 11.3 Å². The number of benzene rings is 1. The Morgan fingerprint density at radius 2 is 2.03 bits per heavy atom. The number of rotatable bonds is 5. The fourth-order valence-corrected chi connectivity index (χ4v) is 5.95. The van der Waals surface area contributed by atoms with Crippen molar-refractivity contribution in [2.45, 2.75) is 39.5 Å². The molecule has 0 fully saturated rings. The van der Waals surface area contributed by atoms with Crippen LogP contribution in [-0.4, -0.2) is 30.9 Å². The van der Waals surface area contributed by atoms with Crippen molar-refractivity contribution in [3.8, 4) is 6.07 Å². The zero-order valence-electron chi connectivity index (χ0n) is 18.3. The number of carbonyl (C=O) groups is 3. The van der Waals surface area contributed by atoms with E-state index in [0.717, 1.165) is 40.6 Å². The van der Waals surface area contributed by atoms with Crippen LogP contribution < -0.4 is 10.2 Å². The minimum absolute atomic E-state index is 0.0622. The number of nitriles is 1. The van der Waals surface area contributed by atoms with Crippen LogP contribution in [0.4, 0.5) is 10.7 Å². The average Bonchev–Trinajstić information content (AvgIpc) is 3.28. The minimum atomic E-state index is -0.714. The fourth-order valence-electron chi connectivity index (χ4n) is 4.32. The number of fused-ring (bicyclic) bond motifs is 2. The molecule has 2 heterocycles. The molecule has 0 saturated carbocycles. The van der Waals surface area contributed by atoms with Crippen LogP contribution in [0.15, 0.2) is 28.2 Å². The largest absolute Gasteiger partial charge is 0.462 e. The number of hydrogen-bond acceptors (Lipinski definition) is 6. The first-order valence-electron chi connectivity index (χ1n) is 10.8. The summed E-state index contributed by atoms with van der Waals surface area (Å²) in [6.07, 6.45) is 3.56. The molecular formula is C24H22BrN3O4S. The van der Waals surface area contributed by atoms with E-state index in [0.29, 0.717) is 28.4 Å². The van der Waals surface area contributed by atoms with Gasteiger partial charge in [0.15, 0.2) is 0 Å². The predicted octanol–water partition coefficient (Wildman–Crippen LogP) is 4.85. The topological polar surface area (TPSA) is 99.5 Å². The fraction of sp³-hybridized carbons (Fsp3) is 0.333. The van der Waals surface area contributed by atoms with Crippen molar-refractivity contribution >= 4 is 61.3 Å². The lowest BCUT2D eigenvalue weighted by Gasteiger charge is -2.13. The van der Waals surface area contributed by atoms with E-state index in [1.54, 1.807) is 19.1 Å². The van der Waals surface area contributed by atoms with E-state index in [4.69, 9.17) is 4.74 Å². The molecule has 7 nitrogen and oxygen atoms in total. The van der Waals surface area contributed by atoms with Gasteiger partial charge in [0.2, 0.25) is 0 Å². The highest BCUT2D eigenvalue weighted by atomic mass is 79.9. The van der Waals surface area contributed by atoms with Crippen molar-refractivity contribution in [1.29, 1.82) is 5.26 Å². The molecule has 2 aliphatic rings. The van der Waals surface area contributed by atoms with Gasteiger partial charge in [0.1, 0.15) is 16.6 Å². The molecular weight excluding hydrogens is 506 g/mol. The molecule has 0 atom stereocenters. The number of nitrogens with one attached hydrogen (secondary N) is 1. The molecule has 33 heavy (non-hydrogen) atoms. The highest BCUT2D eigenvalue weighted by molar-refractivity contribution is 9.10. The highest BCUT2D eigenvalue weighted by Gasteiger charge is 2.36. The second kappa shape index (κ2) is 9.49. The predicted molar refractivity (Wildman–Crippen MR) is 130 cm³/mol. The van der Waals surface area contributed by atoms with Crippen LogP contribution >= 0.6 is 27.3 Å². The molecule has 1 aliphatic carbocycles. The Kier molecular flexibility index (Phi) is 6.68. The highest BCUT2D eigenvalue weighted by Crippen LogP contribution is 2.41. The second-order valence-corrected chi connectivity index (χ2v) is 9.68. The average molecular weight is 528 g/mol. The SMILES string of the molecule is CCOC(=O)c1c(NC(=O)/C(C#N)=C2\C(=O)N(CC)c3ccc(Br)cc32)sc2c1CCCC2. The molecule has 0 spiro atoms. The summed E-state index contributed by atoms with van der Waals surface area (Å²) in [6, 6.07) is 7.26. The summed E-state index contributed by atoms with van der Waals surface area (Å²) in [4.78, 5) is 41.7. The number of thiophene rings is 1. The monoisotopic (exact) mass is 527 g/mol. The van der Waals surface area contributed by atoms with Gasteiger partial charge in [-0.1, -0.05) is 15.9 Å². The number of amides is 2. The number of esters is 1. The summed E-state index contributed by atoms with van der Waals surface area (Å²) in [5.74, 6) is -1.59. The van der Waals surface area contributed by atoms with Crippen molar-refractivity contribution in [2.75, 3.05) is 23.4 Å². The maximum atomic E-state index is 13.3. The Hall–Kier alpha value is -2.96. The summed E-state index contributed by atoms with van der Waals surface area (Å²) in [5.41, 5.74) is 2.24. The molecule has 2 amide bonds. The number of anilines is 2. The zero-order chi connectivity index (χ0) is 23.7. The van der Waals surface area contributed by atoms with Gasteiger partial charge in [0.25, 0.3) is 11.8 Å². The number of carbonyl (C=O) groups excluding carboxylic acids is 3. The van der Waals surface area contributed by atoms with Gasteiger partial charge in [-0.25, -0.2) is 4.79 Å². The van der Waals surface area contributed by atoms with Crippen LogP contribution in [0.2, 0.25) is 0 Å². The Morgan fingerprint density at radius 3 is 2.73 bits per heavy atom. The third kappa shape index (κ3) is 4.09. The lowest BCUT2D eigenvalue weighted by molar-refractivity contribution is -0.114. The Bertz CT molecular complexity index is 1240. The molecule has 9 heteroatoms. The molecule has 2 aromatic rings. The van der Waals surface area contributed by atoms with Crippen LogP contribution in [0.25, 0.3) is 5.57 Å². The van der Waals surface area contributed by atoms with Gasteiger partial charge in [-0.3, -0.25) is 9.59 Å². The van der Waals surface area contributed by atoms with E-state index in [9.17, 15) is 19.6 Å². The number of hydrogen-bond donors (Lipinski definition) is 1. The molecule has 4 rings (SSSR count). The Morgan fingerprint density at radius 1 is 1.27 bits per heavy atom. The normalized spacial score (nSPS) is 16.1. The van der Waals surface area contributed by atoms with E-state index in [1.807, 2.05) is 19.1 Å². The minimum Gasteiger partial charge on any atom is -0.462 e. The molecule has 1 aromatic carbocycles. The zero-order valence-corrected chi connectivity index (χ0v) is 20.7. The molecule has 1 aliphatic heterocycles. The lowest BCUT2D eigenvalue weighted by Crippen LogP contribution is -2.27. The van der Waals surface area contributed by atoms with Gasteiger partial charge in [0.05, 0.1) is 23.4 Å². The van der Waals surface area contributed by atoms with Gasteiger partial charge in [-0.15, -0.1) is 11.3 Å². The van der Waals surface area contributed by atoms with Gasteiger partial charge in [-0.05, 0) is 63.3 Å². The molecule has 0 unspecified atom stereocenters. The van der Waals surface area contributed by atoms with Crippen LogP contribution in [0.3, 0.4) is 0 Å². The summed E-state index contributed by atoms with van der Waals surface area (Å²) >= 11 is 4.74. The van der Waals surface area contributed by atoms with E-state index in [2.05, 4.69) is 21.2 Å². The van der Waals surface area contributed by atoms with Crippen LogP contribution in [0.5, 0.6) is 0 Å². The van der Waals surface area contributed by atoms with Crippen molar-refractivity contribution in [3.63, 3.8) is 0 Å². The summed E-state index contributed by atoms with van der Waals surface area (Å²) in [6.45, 7) is 4.19. The van der Waals surface area contributed by atoms with Gasteiger partial charge >= 0.3 is 5.97 Å². The summed E-state index contributed by atoms with van der Waals surface area (Å²) < 4.78 is 5.97. The third-order valence-electron chi connectivity index (χ3n) is 5.76. The quantitative estimate of drug-likeness (QED) is 0.340. The first-order chi connectivity index (χ1) is 15.9. The number of likely N-dealkylation sites (N-methyl/N-ethyl adjacent to an activating group) is 1. The smallest absolute Gasteiger partial charge is 0.341 e. The Balaban J connectivity index is 1.78. The first-order valence-corrected chi connectivity index (χ1v) is 12.4. The van der Waals surface area contributed by atoms with Gasteiger partial charge < -0.3 is 15.0 Å². The second-order valence-electron chi connectivity index (χ2n) is 7.66. The standard InChI is InChI=1S/C24H22BrN3O4S/c1-3-28-17-10-9-13(25)11-15(17)19(23(28)30)16(12-26)21(29)27-22-20(24(31)32-4-2)14-7-5-6-8-18(14)33-22/h9-11H,3-8H2,1-2H3,(H,27,29)/b19-16-. The molecule has 170 valence electrons. The van der Waals surface area contributed by atoms with Gasteiger partial charge in [0, 0.05) is 21.5 Å². The van der Waals surface area contributed by atoms with Crippen LogP contribution in [-0.2, 0) is 27.2 Å². The number of halogens is 1. The van der Waals surface area contributed by atoms with Crippen molar-refractivity contribution in [1.82, 2.24) is 0 Å². The Labute approximate surface area is 204 Å². The van der Waals surface area contributed by atoms with E-state index in [1.165, 1.54) is 16.2 Å². The maximum Gasteiger partial charge on any atom is 0.341 e. The molecule has 0 saturated heterocycles. The van der Waals surface area contributed by atoms with E-state index in [-0.39, 0.29) is 17.8 Å². The summed E-state index contributed by atoms with van der Waals surface area (Å²) in [5, 5.41) is 13.0. The van der Waals surface area contributed by atoms with Crippen LogP contribution in [0.1, 0.15) is 53.1 Å². The van der Waals surface area contributed by atoms with Crippen molar-refractivity contribution < 1.29 is 19.1 Å². The summed E-state index contributed by atoms with van der Waals surface area (Å²) in [7, 11) is 0. The third-order valence-corrected chi connectivity index (χ3v) is 7.46. The van der Waals surface area contributed by atoms with E-state index >= 15 is 0 Å². The van der Waals surface area contributed by atoms with Gasteiger partial charge in [-0.2, -0.15) is 5.26 Å². The number of aryl methyl sites for hydroxylation is 1. The molecule has 0 bridgehead atoms. The maximum absolute atomic E-state index is 13.3. The van der Waals surface area contributed by atoms with Crippen molar-refractivity contribution in [3.05, 3.63) is 49.8 Å². The van der Waals surface area contributed by atoms with Crippen molar-refractivity contribution in [2.24, 2.45) is 0 Å². The number of ether oxygens (including phenoxy) is 1. The lowest BCUT2D eigenvalue weighted by atomic mass is 9.95.